The molecule has 1 N–H and O–H groups in total. The Morgan fingerprint density at radius 2 is 1.90 bits per heavy atom. The van der Waals surface area contributed by atoms with Crippen LogP contribution in [0.1, 0.15) is 40.2 Å². The summed E-state index contributed by atoms with van der Waals surface area (Å²) in [5.41, 5.74) is 1.85. The van der Waals surface area contributed by atoms with Gasteiger partial charge < -0.3 is 19.3 Å². The molecule has 0 saturated heterocycles. The van der Waals surface area contributed by atoms with Crippen LogP contribution >= 0.6 is 0 Å². The lowest BCUT2D eigenvalue weighted by Gasteiger charge is -2.13. The quantitative estimate of drug-likeness (QED) is 0.617. The highest BCUT2D eigenvalue weighted by molar-refractivity contribution is 5.99. The lowest BCUT2D eigenvalue weighted by atomic mass is 10.1. The van der Waals surface area contributed by atoms with E-state index in [1.165, 1.54) is 0 Å². The maximum absolute atomic E-state index is 12.7. The second kappa shape index (κ2) is 7.95. The SMILES string of the molecule is Cc1noc(C)c1COc1cc2ccccc2cc1C(=O)OCC(=O)NC1CC1. The third-order valence-corrected chi connectivity index (χ3v) is 4.90. The van der Waals surface area contributed by atoms with Gasteiger partial charge in [0.25, 0.3) is 5.91 Å². The Morgan fingerprint density at radius 3 is 2.55 bits per heavy atom. The third kappa shape index (κ3) is 4.39. The van der Waals surface area contributed by atoms with Crippen LogP contribution in [0.15, 0.2) is 40.9 Å². The van der Waals surface area contributed by atoms with Crippen molar-refractivity contribution < 1.29 is 23.6 Å². The van der Waals surface area contributed by atoms with Crippen LogP contribution in [-0.2, 0) is 16.1 Å². The fraction of sp³-hybridized carbons (Fsp3) is 0.318. The molecule has 29 heavy (non-hydrogen) atoms. The van der Waals surface area contributed by atoms with Gasteiger partial charge in [-0.2, -0.15) is 0 Å². The first-order valence-corrected chi connectivity index (χ1v) is 9.55. The van der Waals surface area contributed by atoms with Gasteiger partial charge in [-0.1, -0.05) is 29.4 Å². The summed E-state index contributed by atoms with van der Waals surface area (Å²) < 4.78 is 16.4. The second-order valence-corrected chi connectivity index (χ2v) is 7.20. The standard InChI is InChI=1S/C22H22N2O5/c1-13-19(14(2)29-24-13)11-27-20-10-16-6-4-3-5-15(16)9-18(20)22(26)28-12-21(25)23-17-7-8-17/h3-6,9-10,17H,7-8,11-12H2,1-2H3,(H,23,25). The summed E-state index contributed by atoms with van der Waals surface area (Å²) >= 11 is 0. The Hall–Kier alpha value is -3.35. The summed E-state index contributed by atoms with van der Waals surface area (Å²) in [5.74, 6) is 0.163. The van der Waals surface area contributed by atoms with Crippen molar-refractivity contribution in [2.45, 2.75) is 39.3 Å². The minimum atomic E-state index is -0.601. The number of aromatic nitrogens is 1. The number of carbonyl (C=O) groups is 2. The predicted octanol–water partition coefficient (Wildman–Crippen LogP) is 3.46. The van der Waals surface area contributed by atoms with Gasteiger partial charge in [-0.05, 0) is 49.6 Å². The van der Waals surface area contributed by atoms with Crippen molar-refractivity contribution in [3.05, 3.63) is 59.0 Å². The molecule has 0 unspecified atom stereocenters. The molecule has 1 fully saturated rings. The molecule has 1 amide bonds. The van der Waals surface area contributed by atoms with E-state index in [0.29, 0.717) is 11.5 Å². The zero-order chi connectivity index (χ0) is 20.4. The molecule has 1 heterocycles. The van der Waals surface area contributed by atoms with E-state index in [9.17, 15) is 9.59 Å². The number of hydrogen-bond donors (Lipinski definition) is 1. The van der Waals surface area contributed by atoms with Crippen LogP contribution in [0.3, 0.4) is 0 Å². The molecule has 1 aliphatic rings. The highest BCUT2D eigenvalue weighted by Crippen LogP contribution is 2.28. The topological polar surface area (TPSA) is 90.7 Å². The van der Waals surface area contributed by atoms with E-state index in [4.69, 9.17) is 14.0 Å². The Labute approximate surface area is 168 Å². The summed E-state index contributed by atoms with van der Waals surface area (Å²) in [5, 5.41) is 8.53. The van der Waals surface area contributed by atoms with Crippen LogP contribution in [0.4, 0.5) is 0 Å². The van der Waals surface area contributed by atoms with E-state index in [-0.39, 0.29) is 30.7 Å². The van der Waals surface area contributed by atoms with Crippen LogP contribution in [0.25, 0.3) is 10.8 Å². The molecule has 7 heteroatoms. The fourth-order valence-corrected chi connectivity index (χ4v) is 3.06. The molecule has 1 saturated carbocycles. The second-order valence-electron chi connectivity index (χ2n) is 7.20. The zero-order valence-corrected chi connectivity index (χ0v) is 16.4. The first kappa shape index (κ1) is 19.0. The van der Waals surface area contributed by atoms with Crippen molar-refractivity contribution in [2.24, 2.45) is 0 Å². The molecule has 0 bridgehead atoms. The van der Waals surface area contributed by atoms with Crippen molar-refractivity contribution in [3.63, 3.8) is 0 Å². The maximum atomic E-state index is 12.7. The number of carbonyl (C=O) groups excluding carboxylic acids is 2. The van der Waals surface area contributed by atoms with E-state index < -0.39 is 5.97 Å². The van der Waals surface area contributed by atoms with E-state index in [2.05, 4.69) is 10.5 Å². The van der Waals surface area contributed by atoms with Gasteiger partial charge in [0.2, 0.25) is 0 Å². The van der Waals surface area contributed by atoms with Crippen LogP contribution < -0.4 is 10.1 Å². The molecule has 7 nitrogen and oxygen atoms in total. The van der Waals surface area contributed by atoms with Gasteiger partial charge in [0, 0.05) is 6.04 Å². The summed E-state index contributed by atoms with van der Waals surface area (Å²) in [4.78, 5) is 24.5. The first-order chi connectivity index (χ1) is 14.0. The number of ether oxygens (including phenoxy) is 2. The average molecular weight is 394 g/mol. The van der Waals surface area contributed by atoms with Gasteiger partial charge in [0.1, 0.15) is 23.7 Å². The Bertz CT molecular complexity index is 1050. The third-order valence-electron chi connectivity index (χ3n) is 4.90. The number of hydrogen-bond acceptors (Lipinski definition) is 6. The molecule has 2 aromatic carbocycles. The minimum Gasteiger partial charge on any atom is -0.488 e. The van der Waals surface area contributed by atoms with E-state index in [0.717, 1.165) is 34.9 Å². The maximum Gasteiger partial charge on any atom is 0.342 e. The van der Waals surface area contributed by atoms with E-state index in [1.54, 1.807) is 12.1 Å². The Kier molecular flexibility index (Phi) is 5.20. The van der Waals surface area contributed by atoms with E-state index in [1.807, 2.05) is 38.1 Å². The van der Waals surface area contributed by atoms with Crippen LogP contribution in [0.5, 0.6) is 5.75 Å². The van der Waals surface area contributed by atoms with E-state index >= 15 is 0 Å². The lowest BCUT2D eigenvalue weighted by molar-refractivity contribution is -0.124. The average Bonchev–Trinajstić information content (AvgIpc) is 3.47. The summed E-state index contributed by atoms with van der Waals surface area (Å²) in [7, 11) is 0. The summed E-state index contributed by atoms with van der Waals surface area (Å²) in [6.45, 7) is 3.55. The molecular weight excluding hydrogens is 372 g/mol. The lowest BCUT2D eigenvalue weighted by Crippen LogP contribution is -2.30. The molecule has 4 rings (SSSR count). The normalized spacial score (nSPS) is 13.3. The number of fused-ring (bicyclic) bond motifs is 1. The van der Waals surface area contributed by atoms with Crippen LogP contribution in [0, 0.1) is 13.8 Å². The van der Waals surface area contributed by atoms with Gasteiger partial charge in [-0.3, -0.25) is 4.79 Å². The number of esters is 1. The van der Waals surface area contributed by atoms with Gasteiger partial charge in [-0.25, -0.2) is 4.79 Å². The monoisotopic (exact) mass is 394 g/mol. The Balaban J connectivity index is 1.55. The van der Waals surface area contributed by atoms with Crippen molar-refractivity contribution >= 4 is 22.6 Å². The smallest absolute Gasteiger partial charge is 0.342 e. The molecule has 0 radical (unpaired) electrons. The predicted molar refractivity (Wildman–Crippen MR) is 106 cm³/mol. The number of benzene rings is 2. The van der Waals surface area contributed by atoms with Gasteiger partial charge in [0.15, 0.2) is 6.61 Å². The van der Waals surface area contributed by atoms with Crippen molar-refractivity contribution in [2.75, 3.05) is 6.61 Å². The summed E-state index contributed by atoms with van der Waals surface area (Å²) in [6, 6.07) is 11.4. The van der Waals surface area contributed by atoms with Crippen molar-refractivity contribution in [3.8, 4) is 5.75 Å². The highest BCUT2D eigenvalue weighted by atomic mass is 16.5. The highest BCUT2D eigenvalue weighted by Gasteiger charge is 2.24. The van der Waals surface area contributed by atoms with Gasteiger partial charge in [-0.15, -0.1) is 0 Å². The molecule has 1 aliphatic carbocycles. The number of nitrogens with zero attached hydrogens (tertiary/aromatic N) is 1. The van der Waals surface area contributed by atoms with Crippen LogP contribution in [-0.4, -0.2) is 29.7 Å². The summed E-state index contributed by atoms with van der Waals surface area (Å²) in [6.07, 6.45) is 1.95. The molecule has 150 valence electrons. The van der Waals surface area contributed by atoms with Crippen molar-refractivity contribution in [1.82, 2.24) is 10.5 Å². The molecule has 1 aromatic heterocycles. The van der Waals surface area contributed by atoms with Crippen molar-refractivity contribution in [1.29, 1.82) is 0 Å². The molecule has 0 atom stereocenters. The minimum absolute atomic E-state index is 0.210. The first-order valence-electron chi connectivity index (χ1n) is 9.55. The number of rotatable bonds is 7. The molecular formula is C22H22N2O5. The van der Waals surface area contributed by atoms with Gasteiger partial charge >= 0.3 is 5.97 Å². The fourth-order valence-electron chi connectivity index (χ4n) is 3.06. The molecule has 3 aromatic rings. The largest absolute Gasteiger partial charge is 0.488 e. The Morgan fingerprint density at radius 1 is 1.17 bits per heavy atom. The zero-order valence-electron chi connectivity index (χ0n) is 16.4. The molecule has 0 spiro atoms. The number of nitrogens with one attached hydrogen (secondary N) is 1. The molecule has 0 aliphatic heterocycles. The van der Waals surface area contributed by atoms with Gasteiger partial charge in [0.05, 0.1) is 11.3 Å². The number of amides is 1. The number of aryl methyl sites for hydroxylation is 2. The van der Waals surface area contributed by atoms with Crippen LogP contribution in [0.2, 0.25) is 0 Å².